The summed E-state index contributed by atoms with van der Waals surface area (Å²) in [5, 5.41) is 9.44. The predicted molar refractivity (Wildman–Crippen MR) is 115 cm³/mol. The largest absolute Gasteiger partial charge is 0.478 e. The number of hydrogen-bond acceptors (Lipinski definition) is 4. The molecule has 3 atom stereocenters. The SMILES string of the molecule is O=C(O)c1ccc2c(c1)Oc1ccccc1C2C1CC2CCC(C1)N2Cc1ncc[nH]1. The Balaban J connectivity index is 1.34. The van der Waals surface area contributed by atoms with E-state index < -0.39 is 5.97 Å². The molecule has 0 saturated carbocycles. The summed E-state index contributed by atoms with van der Waals surface area (Å²) >= 11 is 0. The molecule has 6 nitrogen and oxygen atoms in total. The molecule has 6 heteroatoms. The van der Waals surface area contributed by atoms with Gasteiger partial charge in [0.05, 0.1) is 12.1 Å². The number of aromatic amines is 1. The number of benzene rings is 2. The number of aromatic carboxylic acids is 1. The molecule has 158 valence electrons. The summed E-state index contributed by atoms with van der Waals surface area (Å²) in [5.41, 5.74) is 2.61. The Hall–Kier alpha value is -3.12. The number of piperidine rings is 1. The monoisotopic (exact) mass is 415 g/mol. The fourth-order valence-electron chi connectivity index (χ4n) is 6.04. The van der Waals surface area contributed by atoms with Crippen LogP contribution in [-0.2, 0) is 6.54 Å². The molecule has 2 aromatic carbocycles. The molecule has 2 bridgehead atoms. The smallest absolute Gasteiger partial charge is 0.335 e. The van der Waals surface area contributed by atoms with Crippen LogP contribution in [0.4, 0.5) is 0 Å². The van der Waals surface area contributed by atoms with Crippen LogP contribution in [0.5, 0.6) is 11.5 Å². The van der Waals surface area contributed by atoms with Gasteiger partial charge in [-0.25, -0.2) is 9.78 Å². The maximum absolute atomic E-state index is 11.5. The first-order valence-corrected chi connectivity index (χ1v) is 11.1. The van der Waals surface area contributed by atoms with Crippen molar-refractivity contribution in [3.63, 3.8) is 0 Å². The van der Waals surface area contributed by atoms with Crippen LogP contribution in [0.25, 0.3) is 0 Å². The van der Waals surface area contributed by atoms with Crippen molar-refractivity contribution in [2.75, 3.05) is 0 Å². The number of ether oxygens (including phenoxy) is 1. The standard InChI is InChI=1S/C25H25N3O3/c29-25(30)15-5-8-20-22(13-15)31-21-4-2-1-3-19(21)24(20)16-11-17-6-7-18(12-16)28(17)14-23-26-9-10-27-23/h1-5,8-10,13,16-18,24H,6-7,11-12,14H2,(H,26,27)(H,29,30). The second-order valence-corrected chi connectivity index (χ2v) is 9.00. The Labute approximate surface area is 180 Å². The quantitative estimate of drug-likeness (QED) is 0.641. The van der Waals surface area contributed by atoms with Crippen LogP contribution in [0.15, 0.2) is 54.9 Å². The summed E-state index contributed by atoms with van der Waals surface area (Å²) in [7, 11) is 0. The van der Waals surface area contributed by atoms with Gasteiger partial charge in [0.1, 0.15) is 17.3 Å². The molecule has 6 rings (SSSR count). The maximum Gasteiger partial charge on any atom is 0.335 e. The van der Waals surface area contributed by atoms with Crippen molar-refractivity contribution in [2.24, 2.45) is 5.92 Å². The van der Waals surface area contributed by atoms with Crippen molar-refractivity contribution in [2.45, 2.75) is 50.2 Å². The molecule has 2 saturated heterocycles. The molecule has 0 spiro atoms. The topological polar surface area (TPSA) is 78.5 Å². The summed E-state index contributed by atoms with van der Waals surface area (Å²) in [6.45, 7) is 0.887. The fourth-order valence-corrected chi connectivity index (χ4v) is 6.04. The number of H-pyrrole nitrogens is 1. The molecule has 0 radical (unpaired) electrons. The van der Waals surface area contributed by atoms with E-state index in [2.05, 4.69) is 27.0 Å². The molecule has 3 aliphatic heterocycles. The van der Waals surface area contributed by atoms with Gasteiger partial charge in [-0.2, -0.15) is 0 Å². The predicted octanol–water partition coefficient (Wildman–Crippen LogP) is 4.79. The Kier molecular flexibility index (Phi) is 4.35. The van der Waals surface area contributed by atoms with Crippen molar-refractivity contribution in [3.8, 4) is 11.5 Å². The van der Waals surface area contributed by atoms with Gasteiger partial charge in [-0.1, -0.05) is 24.3 Å². The minimum Gasteiger partial charge on any atom is -0.478 e. The molecule has 1 aromatic heterocycles. The molecule has 3 unspecified atom stereocenters. The molecular formula is C25H25N3O3. The summed E-state index contributed by atoms with van der Waals surface area (Å²) in [6, 6.07) is 14.7. The highest BCUT2D eigenvalue weighted by atomic mass is 16.5. The molecule has 31 heavy (non-hydrogen) atoms. The van der Waals surface area contributed by atoms with Crippen LogP contribution in [-0.4, -0.2) is 38.0 Å². The number of carboxylic acids is 1. The lowest BCUT2D eigenvalue weighted by Crippen LogP contribution is -2.44. The van der Waals surface area contributed by atoms with Crippen molar-refractivity contribution in [1.29, 1.82) is 0 Å². The summed E-state index contributed by atoms with van der Waals surface area (Å²) in [6.07, 6.45) is 8.46. The highest BCUT2D eigenvalue weighted by molar-refractivity contribution is 5.88. The minimum absolute atomic E-state index is 0.233. The van der Waals surface area contributed by atoms with E-state index in [9.17, 15) is 9.90 Å². The fraction of sp³-hybridized carbons (Fsp3) is 0.360. The molecule has 0 aliphatic carbocycles. The average Bonchev–Trinajstić information content (AvgIpc) is 3.37. The van der Waals surface area contributed by atoms with Gasteiger partial charge in [-0.05, 0) is 49.8 Å². The van der Waals surface area contributed by atoms with E-state index in [1.54, 1.807) is 12.1 Å². The van der Waals surface area contributed by atoms with Crippen molar-refractivity contribution < 1.29 is 14.6 Å². The van der Waals surface area contributed by atoms with Gasteiger partial charge in [0.15, 0.2) is 0 Å². The van der Waals surface area contributed by atoms with E-state index in [0.29, 0.717) is 23.8 Å². The highest BCUT2D eigenvalue weighted by Gasteiger charge is 2.45. The number of rotatable bonds is 4. The Morgan fingerprint density at radius 3 is 2.61 bits per heavy atom. The first-order chi connectivity index (χ1) is 15.2. The number of fused-ring (bicyclic) bond motifs is 4. The molecule has 4 heterocycles. The van der Waals surface area contributed by atoms with E-state index in [4.69, 9.17) is 4.74 Å². The van der Waals surface area contributed by atoms with Crippen molar-refractivity contribution in [1.82, 2.24) is 14.9 Å². The molecule has 3 aromatic rings. The van der Waals surface area contributed by atoms with E-state index in [-0.39, 0.29) is 11.5 Å². The van der Waals surface area contributed by atoms with Crippen molar-refractivity contribution >= 4 is 5.97 Å². The minimum atomic E-state index is -0.925. The lowest BCUT2D eigenvalue weighted by Gasteiger charge is -2.43. The zero-order valence-corrected chi connectivity index (χ0v) is 17.2. The lowest BCUT2D eigenvalue weighted by atomic mass is 9.72. The van der Waals surface area contributed by atoms with E-state index in [1.807, 2.05) is 30.6 Å². The second-order valence-electron chi connectivity index (χ2n) is 9.00. The second kappa shape index (κ2) is 7.24. The zero-order chi connectivity index (χ0) is 20.9. The average molecular weight is 415 g/mol. The third kappa shape index (κ3) is 3.13. The molecule has 2 N–H and O–H groups in total. The third-order valence-electron chi connectivity index (χ3n) is 7.35. The number of hydrogen-bond donors (Lipinski definition) is 2. The Morgan fingerprint density at radius 2 is 1.87 bits per heavy atom. The molecule has 0 amide bonds. The van der Waals surface area contributed by atoms with Gasteiger partial charge in [-0.3, -0.25) is 4.90 Å². The normalized spacial score (nSPS) is 26.7. The number of nitrogens with zero attached hydrogens (tertiary/aromatic N) is 2. The number of nitrogens with one attached hydrogen (secondary N) is 1. The summed E-state index contributed by atoms with van der Waals surface area (Å²) in [4.78, 5) is 21.8. The summed E-state index contributed by atoms with van der Waals surface area (Å²) in [5.74, 6) is 2.40. The van der Waals surface area contributed by atoms with Crippen LogP contribution in [0.1, 0.15) is 58.9 Å². The van der Waals surface area contributed by atoms with Gasteiger partial charge in [0.2, 0.25) is 0 Å². The highest BCUT2D eigenvalue weighted by Crippen LogP contribution is 2.53. The molecule has 2 fully saturated rings. The van der Waals surface area contributed by atoms with Crippen LogP contribution < -0.4 is 4.74 Å². The molecular weight excluding hydrogens is 390 g/mol. The van der Waals surface area contributed by atoms with Gasteiger partial charge in [0.25, 0.3) is 0 Å². The third-order valence-corrected chi connectivity index (χ3v) is 7.35. The maximum atomic E-state index is 11.5. The number of para-hydroxylation sites is 1. The molecule has 3 aliphatic rings. The first-order valence-electron chi connectivity index (χ1n) is 11.1. The van der Waals surface area contributed by atoms with Crippen LogP contribution in [0.2, 0.25) is 0 Å². The van der Waals surface area contributed by atoms with Crippen LogP contribution in [0, 0.1) is 5.92 Å². The Bertz CT molecular complexity index is 1110. The summed E-state index contributed by atoms with van der Waals surface area (Å²) < 4.78 is 6.16. The number of imidazole rings is 1. The zero-order valence-electron chi connectivity index (χ0n) is 17.2. The van der Waals surface area contributed by atoms with Gasteiger partial charge >= 0.3 is 5.97 Å². The van der Waals surface area contributed by atoms with E-state index in [1.165, 1.54) is 18.4 Å². The van der Waals surface area contributed by atoms with Gasteiger partial charge in [-0.15, -0.1) is 0 Å². The number of carbonyl (C=O) groups is 1. The van der Waals surface area contributed by atoms with E-state index >= 15 is 0 Å². The number of carboxylic acid groups (broad SMARTS) is 1. The first kappa shape index (κ1) is 18.6. The van der Waals surface area contributed by atoms with E-state index in [0.717, 1.165) is 36.5 Å². The van der Waals surface area contributed by atoms with Crippen LogP contribution >= 0.6 is 0 Å². The van der Waals surface area contributed by atoms with Crippen LogP contribution in [0.3, 0.4) is 0 Å². The van der Waals surface area contributed by atoms with Gasteiger partial charge in [0, 0.05) is 41.5 Å². The Morgan fingerprint density at radius 1 is 1.10 bits per heavy atom. The number of aromatic nitrogens is 2. The lowest BCUT2D eigenvalue weighted by molar-refractivity contribution is 0.0696. The van der Waals surface area contributed by atoms with Crippen molar-refractivity contribution in [3.05, 3.63) is 77.4 Å². The van der Waals surface area contributed by atoms with Gasteiger partial charge < -0.3 is 14.8 Å².